The normalized spacial score (nSPS) is 17.8. The minimum atomic E-state index is 0.443. The predicted molar refractivity (Wildman–Crippen MR) is 90.0 cm³/mol. The van der Waals surface area contributed by atoms with Crippen molar-refractivity contribution in [1.82, 2.24) is 15.2 Å². The van der Waals surface area contributed by atoms with Crippen LogP contribution in [0.4, 0.5) is 0 Å². The summed E-state index contributed by atoms with van der Waals surface area (Å²) in [6, 6.07) is 8.35. The van der Waals surface area contributed by atoms with Crippen molar-refractivity contribution in [3.63, 3.8) is 0 Å². The van der Waals surface area contributed by atoms with Gasteiger partial charge in [0.05, 0.1) is 11.7 Å². The third-order valence-electron chi connectivity index (χ3n) is 3.93. The summed E-state index contributed by atoms with van der Waals surface area (Å²) in [6.07, 6.45) is 1.10. The molecule has 1 N–H and O–H groups in total. The lowest BCUT2D eigenvalue weighted by Gasteiger charge is -2.33. The van der Waals surface area contributed by atoms with E-state index in [0.717, 1.165) is 48.9 Å². The Hall–Kier alpha value is -0.940. The van der Waals surface area contributed by atoms with Gasteiger partial charge in [-0.15, -0.1) is 11.3 Å². The molecule has 1 aliphatic heterocycles. The highest BCUT2D eigenvalue weighted by molar-refractivity contribution is 7.10. The molecule has 1 saturated heterocycles. The molecular formula is C16H20ClN3S. The number of piperazine rings is 1. The fourth-order valence-electron chi connectivity index (χ4n) is 2.78. The molecule has 0 aliphatic carbocycles. The van der Waals surface area contributed by atoms with Crippen molar-refractivity contribution in [2.45, 2.75) is 19.4 Å². The van der Waals surface area contributed by atoms with Gasteiger partial charge in [0.25, 0.3) is 0 Å². The van der Waals surface area contributed by atoms with Crippen molar-refractivity contribution in [3.05, 3.63) is 39.7 Å². The molecule has 0 spiro atoms. The number of halogens is 1. The fourth-order valence-corrected chi connectivity index (χ4v) is 3.95. The molecule has 112 valence electrons. The maximum Gasteiger partial charge on any atom is 0.110 e. The van der Waals surface area contributed by atoms with Crippen LogP contribution in [-0.4, -0.2) is 36.1 Å². The molecule has 0 amide bonds. The summed E-state index contributed by atoms with van der Waals surface area (Å²) in [5.74, 6) is 0. The molecule has 1 unspecified atom stereocenters. The number of benzene rings is 1. The summed E-state index contributed by atoms with van der Waals surface area (Å²) < 4.78 is 0. The van der Waals surface area contributed by atoms with Gasteiger partial charge in [0, 0.05) is 42.1 Å². The highest BCUT2D eigenvalue weighted by atomic mass is 35.5. The number of thiazole rings is 1. The van der Waals surface area contributed by atoms with Gasteiger partial charge in [0.2, 0.25) is 0 Å². The van der Waals surface area contributed by atoms with Gasteiger partial charge in [-0.05, 0) is 18.6 Å². The van der Waals surface area contributed by atoms with Crippen molar-refractivity contribution in [2.75, 3.05) is 26.2 Å². The van der Waals surface area contributed by atoms with Crippen LogP contribution in [0.1, 0.15) is 24.4 Å². The van der Waals surface area contributed by atoms with Crippen molar-refractivity contribution in [3.8, 4) is 11.3 Å². The Morgan fingerprint density at radius 3 is 2.67 bits per heavy atom. The van der Waals surface area contributed by atoms with Gasteiger partial charge < -0.3 is 5.32 Å². The Morgan fingerprint density at radius 1 is 1.29 bits per heavy atom. The Balaban J connectivity index is 1.80. The van der Waals surface area contributed by atoms with Crippen LogP contribution in [0.2, 0.25) is 5.02 Å². The second-order valence-corrected chi connectivity index (χ2v) is 6.61. The van der Waals surface area contributed by atoms with Crippen LogP contribution in [0.3, 0.4) is 0 Å². The number of rotatable bonds is 4. The molecule has 1 fully saturated rings. The molecule has 1 aromatic carbocycles. The summed E-state index contributed by atoms with van der Waals surface area (Å²) in [4.78, 5) is 7.41. The molecule has 3 rings (SSSR count). The molecule has 2 heterocycles. The maximum absolute atomic E-state index is 5.95. The lowest BCUT2D eigenvalue weighted by molar-refractivity contribution is 0.169. The van der Waals surface area contributed by atoms with E-state index in [1.807, 2.05) is 24.3 Å². The molecule has 0 radical (unpaired) electrons. The molecule has 3 nitrogen and oxygen atoms in total. The van der Waals surface area contributed by atoms with Crippen molar-refractivity contribution >= 4 is 22.9 Å². The molecule has 5 heteroatoms. The van der Waals surface area contributed by atoms with Crippen LogP contribution in [0.25, 0.3) is 11.3 Å². The van der Waals surface area contributed by atoms with E-state index < -0.39 is 0 Å². The topological polar surface area (TPSA) is 28.2 Å². The first-order chi connectivity index (χ1) is 10.3. The van der Waals surface area contributed by atoms with E-state index in [-0.39, 0.29) is 0 Å². The van der Waals surface area contributed by atoms with Crippen LogP contribution in [0, 0.1) is 0 Å². The SMILES string of the molecule is CCC(c1nc(-c2ccc(Cl)cc2)cs1)N1CCNCC1. The summed E-state index contributed by atoms with van der Waals surface area (Å²) in [6.45, 7) is 6.61. The first-order valence-electron chi connectivity index (χ1n) is 7.44. The largest absolute Gasteiger partial charge is 0.314 e. The van der Waals surface area contributed by atoms with Crippen LogP contribution >= 0.6 is 22.9 Å². The van der Waals surface area contributed by atoms with Crippen molar-refractivity contribution < 1.29 is 0 Å². The second-order valence-electron chi connectivity index (χ2n) is 5.29. The Kier molecular flexibility index (Phi) is 4.91. The fraction of sp³-hybridized carbons (Fsp3) is 0.438. The maximum atomic E-state index is 5.95. The lowest BCUT2D eigenvalue weighted by atomic mass is 10.1. The molecule has 2 aromatic rings. The third kappa shape index (κ3) is 3.46. The average Bonchev–Trinajstić information content (AvgIpc) is 2.99. The van der Waals surface area contributed by atoms with Gasteiger partial charge in [-0.25, -0.2) is 4.98 Å². The average molecular weight is 322 g/mol. The first kappa shape index (κ1) is 15.0. The van der Waals surface area contributed by atoms with Gasteiger partial charge in [-0.3, -0.25) is 4.90 Å². The Morgan fingerprint density at radius 2 is 2.00 bits per heavy atom. The highest BCUT2D eigenvalue weighted by Gasteiger charge is 2.23. The molecule has 0 bridgehead atoms. The molecule has 1 aromatic heterocycles. The van der Waals surface area contributed by atoms with E-state index in [9.17, 15) is 0 Å². The highest BCUT2D eigenvalue weighted by Crippen LogP contribution is 2.31. The Labute approximate surface area is 135 Å². The quantitative estimate of drug-likeness (QED) is 0.928. The zero-order valence-corrected chi connectivity index (χ0v) is 13.8. The van der Waals surface area contributed by atoms with E-state index in [1.54, 1.807) is 11.3 Å². The first-order valence-corrected chi connectivity index (χ1v) is 8.70. The van der Waals surface area contributed by atoms with E-state index in [1.165, 1.54) is 5.01 Å². The number of aromatic nitrogens is 1. The number of nitrogens with zero attached hydrogens (tertiary/aromatic N) is 2. The zero-order chi connectivity index (χ0) is 14.7. The van der Waals surface area contributed by atoms with Crippen LogP contribution in [-0.2, 0) is 0 Å². The van der Waals surface area contributed by atoms with Crippen LogP contribution in [0.15, 0.2) is 29.6 Å². The van der Waals surface area contributed by atoms with Crippen LogP contribution in [0.5, 0.6) is 0 Å². The van der Waals surface area contributed by atoms with Gasteiger partial charge in [-0.2, -0.15) is 0 Å². The van der Waals surface area contributed by atoms with E-state index >= 15 is 0 Å². The molecule has 1 atom stereocenters. The van der Waals surface area contributed by atoms with Gasteiger partial charge in [0.1, 0.15) is 5.01 Å². The van der Waals surface area contributed by atoms with Crippen molar-refractivity contribution in [1.29, 1.82) is 0 Å². The van der Waals surface area contributed by atoms with Gasteiger partial charge in [-0.1, -0.05) is 30.7 Å². The smallest absolute Gasteiger partial charge is 0.110 e. The predicted octanol–water partition coefficient (Wildman–Crippen LogP) is 3.82. The standard InChI is InChI=1S/C16H20ClN3S/c1-2-15(20-9-7-18-8-10-20)16-19-14(11-21-16)12-3-5-13(17)6-4-12/h3-6,11,15,18H,2,7-10H2,1H3. The molecule has 0 saturated carbocycles. The number of hydrogen-bond donors (Lipinski definition) is 1. The minimum absolute atomic E-state index is 0.443. The second kappa shape index (κ2) is 6.88. The molecule has 21 heavy (non-hydrogen) atoms. The van der Waals surface area contributed by atoms with Crippen molar-refractivity contribution in [2.24, 2.45) is 0 Å². The Bertz CT molecular complexity index is 575. The summed E-state index contributed by atoms with van der Waals surface area (Å²) in [7, 11) is 0. The summed E-state index contributed by atoms with van der Waals surface area (Å²) >= 11 is 7.72. The van der Waals surface area contributed by atoms with E-state index in [2.05, 4.69) is 22.5 Å². The van der Waals surface area contributed by atoms with E-state index in [0.29, 0.717) is 6.04 Å². The van der Waals surface area contributed by atoms with Crippen LogP contribution < -0.4 is 5.32 Å². The molecule has 1 aliphatic rings. The minimum Gasteiger partial charge on any atom is -0.314 e. The monoisotopic (exact) mass is 321 g/mol. The molecular weight excluding hydrogens is 302 g/mol. The number of hydrogen-bond acceptors (Lipinski definition) is 4. The van der Waals surface area contributed by atoms with Gasteiger partial charge in [0.15, 0.2) is 0 Å². The van der Waals surface area contributed by atoms with E-state index in [4.69, 9.17) is 16.6 Å². The summed E-state index contributed by atoms with van der Waals surface area (Å²) in [5.41, 5.74) is 2.19. The number of nitrogens with one attached hydrogen (secondary N) is 1. The van der Waals surface area contributed by atoms with Gasteiger partial charge >= 0.3 is 0 Å². The summed E-state index contributed by atoms with van der Waals surface area (Å²) in [5, 5.41) is 7.56. The third-order valence-corrected chi connectivity index (χ3v) is 5.12. The zero-order valence-electron chi connectivity index (χ0n) is 12.2. The lowest BCUT2D eigenvalue weighted by Crippen LogP contribution is -2.45.